The van der Waals surface area contributed by atoms with Crippen LogP contribution in [-0.2, 0) is 5.41 Å². The van der Waals surface area contributed by atoms with Gasteiger partial charge in [-0.2, -0.15) is 0 Å². The van der Waals surface area contributed by atoms with Crippen molar-refractivity contribution in [1.29, 1.82) is 0 Å². The van der Waals surface area contributed by atoms with Crippen LogP contribution in [0.5, 0.6) is 0 Å². The van der Waals surface area contributed by atoms with Gasteiger partial charge in [-0.3, -0.25) is 14.9 Å². The molecule has 1 N–H and O–H groups in total. The van der Waals surface area contributed by atoms with Crippen molar-refractivity contribution < 1.29 is 9.72 Å². The van der Waals surface area contributed by atoms with E-state index in [-0.39, 0.29) is 21.7 Å². The third-order valence-corrected chi connectivity index (χ3v) is 3.62. The van der Waals surface area contributed by atoms with Gasteiger partial charge < -0.3 is 5.32 Å². The lowest BCUT2D eigenvalue weighted by molar-refractivity contribution is -0.385. The van der Waals surface area contributed by atoms with Gasteiger partial charge in [0.25, 0.3) is 11.6 Å². The fourth-order valence-corrected chi connectivity index (χ4v) is 2.45. The van der Waals surface area contributed by atoms with Crippen molar-refractivity contribution in [3.05, 3.63) is 68.7 Å². The maximum absolute atomic E-state index is 12.5. The maximum atomic E-state index is 12.5. The normalized spacial score (nSPS) is 11.1. The number of carbonyl (C=O) groups excluding carboxylic acids is 1. The van der Waals surface area contributed by atoms with E-state index in [1.165, 1.54) is 18.2 Å². The van der Waals surface area contributed by atoms with Gasteiger partial charge in [0.15, 0.2) is 0 Å². The van der Waals surface area contributed by atoms with E-state index in [9.17, 15) is 14.9 Å². The summed E-state index contributed by atoms with van der Waals surface area (Å²) in [5.41, 5.74) is 1.07. The predicted octanol–water partition coefficient (Wildman–Crippen LogP) is 4.80. The van der Waals surface area contributed by atoms with Crippen molar-refractivity contribution in [3.63, 3.8) is 0 Å². The van der Waals surface area contributed by atoms with Crippen LogP contribution < -0.4 is 5.32 Å². The van der Waals surface area contributed by atoms with Crippen LogP contribution in [-0.4, -0.2) is 10.8 Å². The first-order chi connectivity index (χ1) is 10.7. The summed E-state index contributed by atoms with van der Waals surface area (Å²) in [5.74, 6) is -0.537. The van der Waals surface area contributed by atoms with Crippen molar-refractivity contribution in [2.45, 2.75) is 26.2 Å². The van der Waals surface area contributed by atoms with Gasteiger partial charge >= 0.3 is 0 Å². The molecule has 0 atom stereocenters. The molecule has 1 amide bonds. The highest BCUT2D eigenvalue weighted by Gasteiger charge is 2.23. The number of para-hydroxylation sites is 1. The lowest BCUT2D eigenvalue weighted by Crippen LogP contribution is -2.19. The Kier molecular flexibility index (Phi) is 4.71. The van der Waals surface area contributed by atoms with E-state index in [2.05, 4.69) is 5.32 Å². The van der Waals surface area contributed by atoms with Crippen LogP contribution in [0.2, 0.25) is 5.02 Å². The highest BCUT2D eigenvalue weighted by atomic mass is 35.5. The Balaban J connectivity index is 2.40. The summed E-state index contributed by atoms with van der Waals surface area (Å²) in [6.07, 6.45) is 0. The zero-order valence-electron chi connectivity index (χ0n) is 13.1. The zero-order chi connectivity index (χ0) is 17.2. The quantitative estimate of drug-likeness (QED) is 0.648. The second-order valence-electron chi connectivity index (χ2n) is 6.17. The molecule has 0 aromatic heterocycles. The minimum Gasteiger partial charge on any atom is -0.321 e. The van der Waals surface area contributed by atoms with Crippen LogP contribution in [0.1, 0.15) is 36.7 Å². The lowest BCUT2D eigenvalue weighted by Gasteiger charge is -2.23. The second-order valence-corrected chi connectivity index (χ2v) is 6.60. The summed E-state index contributed by atoms with van der Waals surface area (Å²) in [5, 5.41) is 14.1. The van der Waals surface area contributed by atoms with Crippen molar-refractivity contribution in [2.24, 2.45) is 0 Å². The van der Waals surface area contributed by atoms with Crippen LogP contribution in [0.25, 0.3) is 0 Å². The van der Waals surface area contributed by atoms with E-state index >= 15 is 0 Å². The number of nitrogens with one attached hydrogen (secondary N) is 1. The molecule has 2 rings (SSSR count). The molecule has 0 bridgehead atoms. The number of amides is 1. The fraction of sp³-hybridized carbons (Fsp3) is 0.235. The van der Waals surface area contributed by atoms with Crippen molar-refractivity contribution in [1.82, 2.24) is 0 Å². The van der Waals surface area contributed by atoms with Gasteiger partial charge in [0.1, 0.15) is 5.56 Å². The molecule has 0 heterocycles. The first kappa shape index (κ1) is 17.0. The predicted molar refractivity (Wildman–Crippen MR) is 91.2 cm³/mol. The number of hydrogen-bond acceptors (Lipinski definition) is 3. The average Bonchev–Trinajstić information content (AvgIpc) is 2.46. The first-order valence-corrected chi connectivity index (χ1v) is 7.43. The van der Waals surface area contributed by atoms with Crippen LogP contribution in [0.15, 0.2) is 42.5 Å². The molecule has 23 heavy (non-hydrogen) atoms. The Bertz CT molecular complexity index is 767. The van der Waals surface area contributed by atoms with Crippen molar-refractivity contribution in [3.8, 4) is 0 Å². The van der Waals surface area contributed by atoms with Crippen molar-refractivity contribution >= 4 is 28.9 Å². The van der Waals surface area contributed by atoms with E-state index in [0.717, 1.165) is 5.56 Å². The number of carbonyl (C=O) groups is 1. The van der Waals surface area contributed by atoms with E-state index in [4.69, 9.17) is 11.6 Å². The van der Waals surface area contributed by atoms with Gasteiger partial charge in [-0.15, -0.1) is 0 Å². The monoisotopic (exact) mass is 332 g/mol. The van der Waals surface area contributed by atoms with Gasteiger partial charge in [0.05, 0.1) is 4.92 Å². The average molecular weight is 333 g/mol. The molecule has 0 spiro atoms. The smallest absolute Gasteiger partial charge is 0.283 e. The molecule has 0 unspecified atom stereocenters. The minimum absolute atomic E-state index is 0.0249. The number of hydrogen-bond donors (Lipinski definition) is 1. The van der Waals surface area contributed by atoms with Crippen LogP contribution >= 0.6 is 11.6 Å². The molecule has 0 radical (unpaired) electrons. The Morgan fingerprint density at radius 2 is 1.83 bits per heavy atom. The Morgan fingerprint density at radius 1 is 1.17 bits per heavy atom. The van der Waals surface area contributed by atoms with E-state index in [0.29, 0.717) is 5.69 Å². The Labute approximate surface area is 139 Å². The molecule has 2 aromatic rings. The van der Waals surface area contributed by atoms with Crippen molar-refractivity contribution in [2.75, 3.05) is 5.32 Å². The van der Waals surface area contributed by atoms with Crippen LogP contribution in [0.3, 0.4) is 0 Å². The van der Waals surface area contributed by atoms with Crippen LogP contribution in [0, 0.1) is 10.1 Å². The van der Waals surface area contributed by atoms with Gasteiger partial charge in [0.2, 0.25) is 0 Å². The topological polar surface area (TPSA) is 72.2 Å². The maximum Gasteiger partial charge on any atom is 0.283 e. The Morgan fingerprint density at radius 3 is 2.43 bits per heavy atom. The van der Waals surface area contributed by atoms with Gasteiger partial charge in [-0.1, -0.05) is 50.6 Å². The molecular weight excluding hydrogens is 316 g/mol. The lowest BCUT2D eigenvalue weighted by atomic mass is 9.86. The van der Waals surface area contributed by atoms with Gasteiger partial charge in [-0.05, 0) is 29.2 Å². The number of halogens is 1. The summed E-state index contributed by atoms with van der Waals surface area (Å²) < 4.78 is 0. The molecule has 0 saturated carbocycles. The molecule has 0 aliphatic rings. The van der Waals surface area contributed by atoms with Gasteiger partial charge in [-0.25, -0.2) is 0 Å². The molecule has 6 heteroatoms. The van der Waals surface area contributed by atoms with Gasteiger partial charge in [0, 0.05) is 16.8 Å². The number of rotatable bonds is 3. The minimum atomic E-state index is -0.615. The summed E-state index contributed by atoms with van der Waals surface area (Å²) in [6.45, 7) is 6.09. The highest BCUT2D eigenvalue weighted by molar-refractivity contribution is 6.31. The third-order valence-electron chi connectivity index (χ3n) is 3.38. The SMILES string of the molecule is CC(C)(C)c1ccccc1NC(=O)c1ccc(Cl)cc1[N+](=O)[O-]. The van der Waals surface area contributed by atoms with E-state index in [1.807, 2.05) is 32.9 Å². The molecule has 120 valence electrons. The van der Waals surface area contributed by atoms with E-state index < -0.39 is 10.8 Å². The fourth-order valence-electron chi connectivity index (χ4n) is 2.28. The molecule has 0 fully saturated rings. The molecule has 5 nitrogen and oxygen atoms in total. The summed E-state index contributed by atoms with van der Waals surface area (Å²) in [7, 11) is 0. The molecular formula is C17H17ClN2O3. The first-order valence-electron chi connectivity index (χ1n) is 7.05. The molecule has 0 aliphatic heterocycles. The summed E-state index contributed by atoms with van der Waals surface area (Å²) in [4.78, 5) is 23.0. The molecule has 0 aliphatic carbocycles. The van der Waals surface area contributed by atoms with E-state index in [1.54, 1.807) is 12.1 Å². The highest BCUT2D eigenvalue weighted by Crippen LogP contribution is 2.30. The third kappa shape index (κ3) is 3.87. The molecule has 0 saturated heterocycles. The summed E-state index contributed by atoms with van der Waals surface area (Å²) in [6, 6.07) is 11.4. The standard InChI is InChI=1S/C17H17ClN2O3/c1-17(2,3)13-6-4-5-7-14(13)19-16(21)12-9-8-11(18)10-15(12)20(22)23/h4-10H,1-3H3,(H,19,21). The number of nitrogens with zero attached hydrogens (tertiary/aromatic N) is 1. The second kappa shape index (κ2) is 6.38. The number of nitro groups is 1. The largest absolute Gasteiger partial charge is 0.321 e. The number of nitro benzene ring substituents is 1. The summed E-state index contributed by atoms with van der Waals surface area (Å²) >= 11 is 5.77. The number of anilines is 1. The number of benzene rings is 2. The van der Waals surface area contributed by atoms with Crippen LogP contribution in [0.4, 0.5) is 11.4 Å². The zero-order valence-corrected chi connectivity index (χ0v) is 13.8. The molecule has 2 aromatic carbocycles. The Hall–Kier alpha value is -2.40.